The zero-order valence-electron chi connectivity index (χ0n) is 14.1. The number of likely N-dealkylation sites (N-methyl/N-ethyl adjacent to an activating group) is 1. The van der Waals surface area contributed by atoms with Gasteiger partial charge in [0.2, 0.25) is 5.91 Å². The van der Waals surface area contributed by atoms with Crippen molar-refractivity contribution in [3.05, 3.63) is 35.4 Å². The lowest BCUT2D eigenvalue weighted by Crippen LogP contribution is -2.38. The summed E-state index contributed by atoms with van der Waals surface area (Å²) in [6, 6.07) is 7.54. The molecule has 0 bridgehead atoms. The van der Waals surface area contributed by atoms with E-state index in [-0.39, 0.29) is 19.0 Å². The highest BCUT2D eigenvalue weighted by Gasteiger charge is 2.52. The van der Waals surface area contributed by atoms with Gasteiger partial charge in [0.25, 0.3) is 0 Å². The Morgan fingerprint density at radius 2 is 1.92 bits per heavy atom. The summed E-state index contributed by atoms with van der Waals surface area (Å²) in [4.78, 5) is 26.1. The predicted molar refractivity (Wildman–Crippen MR) is 84.8 cm³/mol. The maximum Gasteiger partial charge on any atom is 0.393 e. The molecule has 25 heavy (non-hydrogen) atoms. The molecule has 0 aliphatic carbocycles. The SMILES string of the molecule is Cc1ccccc1CN(C)C(=O)CN1C[C@@H](C(F)(F)F)[C@H](C(=O)O)C1. The number of carbonyl (C=O) groups excluding carboxylic acids is 1. The number of hydrogen-bond acceptors (Lipinski definition) is 3. The molecule has 0 spiro atoms. The molecule has 1 aromatic carbocycles. The smallest absolute Gasteiger partial charge is 0.393 e. The van der Waals surface area contributed by atoms with E-state index in [2.05, 4.69) is 0 Å². The Bertz CT molecular complexity index is 648. The Hall–Kier alpha value is -2.09. The Kier molecular flexibility index (Phi) is 5.72. The first-order chi connectivity index (χ1) is 11.6. The van der Waals surface area contributed by atoms with Gasteiger partial charge in [0.15, 0.2) is 0 Å². The molecule has 1 aliphatic rings. The van der Waals surface area contributed by atoms with E-state index in [1.807, 2.05) is 31.2 Å². The molecule has 1 saturated heterocycles. The third kappa shape index (κ3) is 4.72. The Morgan fingerprint density at radius 3 is 2.44 bits per heavy atom. The Morgan fingerprint density at radius 1 is 1.28 bits per heavy atom. The van der Waals surface area contributed by atoms with Crippen molar-refractivity contribution in [1.29, 1.82) is 0 Å². The van der Waals surface area contributed by atoms with E-state index >= 15 is 0 Å². The third-order valence-electron chi connectivity index (χ3n) is 4.59. The molecule has 1 aliphatic heterocycles. The van der Waals surface area contributed by atoms with Crippen molar-refractivity contribution in [2.45, 2.75) is 19.6 Å². The summed E-state index contributed by atoms with van der Waals surface area (Å²) in [5.41, 5.74) is 1.97. The van der Waals surface area contributed by atoms with Crippen LogP contribution in [0.4, 0.5) is 13.2 Å². The van der Waals surface area contributed by atoms with Crippen molar-refractivity contribution >= 4 is 11.9 Å². The molecule has 138 valence electrons. The number of rotatable bonds is 5. The zero-order valence-corrected chi connectivity index (χ0v) is 14.1. The van der Waals surface area contributed by atoms with Gasteiger partial charge in [-0.2, -0.15) is 13.2 Å². The lowest BCUT2D eigenvalue weighted by molar-refractivity contribution is -0.188. The molecule has 0 aromatic heterocycles. The zero-order chi connectivity index (χ0) is 18.8. The normalized spacial score (nSPS) is 21.3. The second-order valence-electron chi connectivity index (χ2n) is 6.46. The monoisotopic (exact) mass is 358 g/mol. The number of carboxylic acids is 1. The van der Waals surface area contributed by atoms with Crippen molar-refractivity contribution in [2.24, 2.45) is 11.8 Å². The first-order valence-corrected chi connectivity index (χ1v) is 7.90. The highest BCUT2D eigenvalue weighted by atomic mass is 19.4. The van der Waals surface area contributed by atoms with Crippen LogP contribution in [0, 0.1) is 18.8 Å². The summed E-state index contributed by atoms with van der Waals surface area (Å²) in [7, 11) is 1.58. The molecular weight excluding hydrogens is 337 g/mol. The largest absolute Gasteiger partial charge is 0.481 e. The third-order valence-corrected chi connectivity index (χ3v) is 4.59. The molecule has 8 heteroatoms. The second kappa shape index (κ2) is 7.43. The van der Waals surface area contributed by atoms with E-state index in [9.17, 15) is 22.8 Å². The van der Waals surface area contributed by atoms with Crippen molar-refractivity contribution in [1.82, 2.24) is 9.80 Å². The maximum atomic E-state index is 13.0. The lowest BCUT2D eigenvalue weighted by atomic mass is 9.96. The van der Waals surface area contributed by atoms with Crippen LogP contribution in [-0.4, -0.2) is 59.6 Å². The fraction of sp³-hybridized carbons (Fsp3) is 0.529. The van der Waals surface area contributed by atoms with Crippen LogP contribution in [0.15, 0.2) is 24.3 Å². The lowest BCUT2D eigenvalue weighted by Gasteiger charge is -2.22. The van der Waals surface area contributed by atoms with E-state index < -0.39 is 30.5 Å². The van der Waals surface area contributed by atoms with E-state index in [4.69, 9.17) is 5.11 Å². The van der Waals surface area contributed by atoms with Gasteiger partial charge < -0.3 is 10.0 Å². The quantitative estimate of drug-likeness (QED) is 0.876. The topological polar surface area (TPSA) is 60.9 Å². The summed E-state index contributed by atoms with van der Waals surface area (Å²) in [6.07, 6.45) is -4.59. The highest BCUT2D eigenvalue weighted by molar-refractivity contribution is 5.78. The van der Waals surface area contributed by atoms with Crippen molar-refractivity contribution in [3.63, 3.8) is 0 Å². The number of nitrogens with zero attached hydrogens (tertiary/aromatic N) is 2. The average molecular weight is 358 g/mol. The molecule has 0 radical (unpaired) electrons. The maximum absolute atomic E-state index is 13.0. The molecule has 5 nitrogen and oxygen atoms in total. The standard InChI is InChI=1S/C17H21F3N2O3/c1-11-5-3-4-6-12(11)7-21(2)15(23)10-22-8-13(16(24)25)14(9-22)17(18,19)20/h3-6,13-14H,7-10H2,1-2H3,(H,24,25)/t13-,14-/m1/s1. The van der Waals surface area contributed by atoms with E-state index in [1.165, 1.54) is 9.80 Å². The summed E-state index contributed by atoms with van der Waals surface area (Å²) in [6.45, 7) is 1.30. The van der Waals surface area contributed by atoms with Crippen LogP contribution < -0.4 is 0 Å². The predicted octanol–water partition coefficient (Wildman–Crippen LogP) is 2.15. The van der Waals surface area contributed by atoms with Gasteiger partial charge in [-0.3, -0.25) is 14.5 Å². The van der Waals surface area contributed by atoms with E-state index in [0.29, 0.717) is 6.54 Å². The van der Waals surface area contributed by atoms with Crippen LogP contribution in [0.2, 0.25) is 0 Å². The number of carbonyl (C=O) groups is 2. The van der Waals surface area contributed by atoms with Crippen LogP contribution in [0.1, 0.15) is 11.1 Å². The number of alkyl halides is 3. The molecule has 1 fully saturated rings. The summed E-state index contributed by atoms with van der Waals surface area (Å²) in [5.74, 6) is -5.30. The Labute approximate surface area is 144 Å². The number of aryl methyl sites for hydroxylation is 1. The Balaban J connectivity index is 1.98. The minimum atomic E-state index is -4.59. The van der Waals surface area contributed by atoms with Crippen LogP contribution in [0.25, 0.3) is 0 Å². The molecule has 0 unspecified atom stereocenters. The van der Waals surface area contributed by atoms with Gasteiger partial charge in [0, 0.05) is 26.7 Å². The molecule has 0 saturated carbocycles. The summed E-state index contributed by atoms with van der Waals surface area (Å²) < 4.78 is 39.0. The fourth-order valence-corrected chi connectivity index (χ4v) is 3.04. The van der Waals surface area contributed by atoms with Gasteiger partial charge in [-0.25, -0.2) is 0 Å². The van der Waals surface area contributed by atoms with Crippen LogP contribution >= 0.6 is 0 Å². The van der Waals surface area contributed by atoms with E-state index in [1.54, 1.807) is 7.05 Å². The van der Waals surface area contributed by atoms with Gasteiger partial charge in [0.1, 0.15) is 0 Å². The van der Waals surface area contributed by atoms with Crippen molar-refractivity contribution in [3.8, 4) is 0 Å². The second-order valence-corrected chi connectivity index (χ2v) is 6.46. The highest BCUT2D eigenvalue weighted by Crippen LogP contribution is 2.37. The fourth-order valence-electron chi connectivity index (χ4n) is 3.04. The number of amides is 1. The summed E-state index contributed by atoms with van der Waals surface area (Å²) in [5, 5.41) is 9.01. The van der Waals surface area contributed by atoms with E-state index in [0.717, 1.165) is 11.1 Å². The number of benzene rings is 1. The molecule has 1 heterocycles. The molecular formula is C17H21F3N2O3. The van der Waals surface area contributed by atoms with Crippen molar-refractivity contribution < 1.29 is 27.9 Å². The number of carboxylic acid groups (broad SMARTS) is 1. The van der Waals surface area contributed by atoms with Gasteiger partial charge in [-0.05, 0) is 18.1 Å². The van der Waals surface area contributed by atoms with Crippen LogP contribution in [0.3, 0.4) is 0 Å². The summed E-state index contributed by atoms with van der Waals surface area (Å²) >= 11 is 0. The number of likely N-dealkylation sites (tertiary alicyclic amines) is 1. The average Bonchev–Trinajstić information content (AvgIpc) is 2.94. The first kappa shape index (κ1) is 19.2. The molecule has 2 rings (SSSR count). The number of aliphatic carboxylic acids is 1. The molecule has 2 atom stereocenters. The van der Waals surface area contributed by atoms with Crippen LogP contribution in [-0.2, 0) is 16.1 Å². The number of halogens is 3. The van der Waals surface area contributed by atoms with Crippen LogP contribution in [0.5, 0.6) is 0 Å². The van der Waals surface area contributed by atoms with Gasteiger partial charge in [-0.15, -0.1) is 0 Å². The first-order valence-electron chi connectivity index (χ1n) is 7.90. The van der Waals surface area contributed by atoms with Gasteiger partial charge in [-0.1, -0.05) is 24.3 Å². The molecule has 1 aromatic rings. The van der Waals surface area contributed by atoms with Gasteiger partial charge >= 0.3 is 12.1 Å². The molecule has 1 amide bonds. The number of hydrogen-bond donors (Lipinski definition) is 1. The van der Waals surface area contributed by atoms with Crippen molar-refractivity contribution in [2.75, 3.05) is 26.7 Å². The molecule has 1 N–H and O–H groups in total. The van der Waals surface area contributed by atoms with Gasteiger partial charge in [0.05, 0.1) is 18.4 Å². The minimum Gasteiger partial charge on any atom is -0.481 e. The minimum absolute atomic E-state index is 0.223.